The Kier molecular flexibility index (Phi) is 5.39. The molecule has 1 aliphatic rings. The lowest BCUT2D eigenvalue weighted by molar-refractivity contribution is 0.0920. The Hall–Kier alpha value is -2.35. The van der Waals surface area contributed by atoms with Gasteiger partial charge in [0.2, 0.25) is 0 Å². The maximum absolute atomic E-state index is 12.4. The first-order chi connectivity index (χ1) is 13.5. The molecular weight excluding hydrogens is 421 g/mol. The number of nitrogens with one attached hydrogen (secondary N) is 1. The summed E-state index contributed by atoms with van der Waals surface area (Å²) in [6.07, 6.45) is 3.83. The van der Waals surface area contributed by atoms with Crippen molar-refractivity contribution in [1.29, 1.82) is 0 Å². The molecule has 1 saturated carbocycles. The highest BCUT2D eigenvalue weighted by Crippen LogP contribution is 2.23. The number of hydrogen-bond donors (Lipinski definition) is 1. The predicted octanol–water partition coefficient (Wildman–Crippen LogP) is 4.13. The van der Waals surface area contributed by atoms with Gasteiger partial charge in [-0.3, -0.25) is 9.59 Å². The van der Waals surface area contributed by atoms with Crippen LogP contribution in [0.25, 0.3) is 0 Å². The molecule has 2 amide bonds. The quantitative estimate of drug-likeness (QED) is 0.654. The number of furan rings is 1. The van der Waals surface area contributed by atoms with Crippen LogP contribution in [0.4, 0.5) is 0 Å². The van der Waals surface area contributed by atoms with E-state index in [1.165, 1.54) is 17.4 Å². The molecule has 1 N–H and O–H groups in total. The lowest BCUT2D eigenvalue weighted by Gasteiger charge is -2.02. The third kappa shape index (κ3) is 4.38. The Labute approximate surface area is 174 Å². The van der Waals surface area contributed by atoms with Crippen LogP contribution in [0.15, 0.2) is 51.3 Å². The van der Waals surface area contributed by atoms with Gasteiger partial charge in [-0.25, -0.2) is 0 Å². The molecule has 0 radical (unpaired) electrons. The smallest absolute Gasteiger partial charge is 0.287 e. The molecule has 28 heavy (non-hydrogen) atoms. The minimum absolute atomic E-state index is 0.205. The van der Waals surface area contributed by atoms with Crippen LogP contribution < -0.4 is 10.1 Å². The number of carbonyl (C=O) groups is 2. The van der Waals surface area contributed by atoms with Crippen molar-refractivity contribution >= 4 is 46.4 Å². The Morgan fingerprint density at radius 3 is 2.79 bits per heavy atom. The van der Waals surface area contributed by atoms with Gasteiger partial charge in [0.05, 0.1) is 16.6 Å². The molecule has 0 unspecified atom stereocenters. The standard InChI is InChI=1S/C19H15Cl2N3O3S/c20-14-5-1-11(9-15(14)21)17(25)23-19-24(7-8-28-19)10-13-4-6-16(27-13)18(26)22-12-2-3-12/h1,4-9,12H,2-3,10H2,(H,22,26). The Morgan fingerprint density at radius 2 is 2.04 bits per heavy atom. The third-order valence-corrected chi connectivity index (χ3v) is 5.68. The molecule has 0 saturated heterocycles. The van der Waals surface area contributed by atoms with E-state index in [1.54, 1.807) is 35.0 Å². The van der Waals surface area contributed by atoms with E-state index in [0.29, 0.717) is 32.7 Å². The number of thiazole rings is 1. The topological polar surface area (TPSA) is 76.6 Å². The monoisotopic (exact) mass is 435 g/mol. The highest BCUT2D eigenvalue weighted by molar-refractivity contribution is 7.07. The minimum Gasteiger partial charge on any atom is -0.454 e. The largest absolute Gasteiger partial charge is 0.454 e. The molecule has 4 rings (SSSR count). The summed E-state index contributed by atoms with van der Waals surface area (Å²) in [5.74, 6) is 0.258. The van der Waals surface area contributed by atoms with Crippen molar-refractivity contribution in [3.8, 4) is 0 Å². The van der Waals surface area contributed by atoms with Gasteiger partial charge in [-0.2, -0.15) is 4.99 Å². The number of rotatable bonds is 5. The van der Waals surface area contributed by atoms with Gasteiger partial charge >= 0.3 is 0 Å². The zero-order valence-electron chi connectivity index (χ0n) is 14.5. The fourth-order valence-corrected chi connectivity index (χ4v) is 3.55. The molecule has 1 fully saturated rings. The van der Waals surface area contributed by atoms with Crippen molar-refractivity contribution in [3.05, 3.63) is 73.8 Å². The lowest BCUT2D eigenvalue weighted by Crippen LogP contribution is -2.24. The summed E-state index contributed by atoms with van der Waals surface area (Å²) in [6, 6.07) is 8.30. The van der Waals surface area contributed by atoms with E-state index < -0.39 is 5.91 Å². The van der Waals surface area contributed by atoms with Gasteiger partial charge in [-0.05, 0) is 43.2 Å². The molecule has 0 spiro atoms. The van der Waals surface area contributed by atoms with Crippen LogP contribution in [0, 0.1) is 0 Å². The predicted molar refractivity (Wildman–Crippen MR) is 107 cm³/mol. The van der Waals surface area contributed by atoms with E-state index in [2.05, 4.69) is 10.3 Å². The second-order valence-electron chi connectivity index (χ2n) is 6.37. The van der Waals surface area contributed by atoms with Crippen molar-refractivity contribution in [2.45, 2.75) is 25.4 Å². The van der Waals surface area contributed by atoms with Crippen molar-refractivity contribution in [2.75, 3.05) is 0 Å². The van der Waals surface area contributed by atoms with Gasteiger partial charge in [0.15, 0.2) is 10.6 Å². The second kappa shape index (κ2) is 7.95. The molecule has 2 heterocycles. The van der Waals surface area contributed by atoms with Gasteiger partial charge in [0, 0.05) is 23.2 Å². The van der Waals surface area contributed by atoms with E-state index >= 15 is 0 Å². The fourth-order valence-electron chi connectivity index (χ4n) is 2.52. The van der Waals surface area contributed by atoms with Gasteiger partial charge in [0.1, 0.15) is 5.76 Å². The average molecular weight is 436 g/mol. The minimum atomic E-state index is -0.418. The molecule has 3 aromatic rings. The van der Waals surface area contributed by atoms with Crippen LogP contribution in [0.1, 0.15) is 39.5 Å². The normalized spacial score (nSPS) is 14.3. The van der Waals surface area contributed by atoms with Crippen molar-refractivity contribution < 1.29 is 14.0 Å². The number of amides is 2. The molecule has 144 valence electrons. The maximum atomic E-state index is 12.4. The van der Waals surface area contributed by atoms with E-state index in [1.807, 2.05) is 5.38 Å². The summed E-state index contributed by atoms with van der Waals surface area (Å²) in [6.45, 7) is 0.355. The van der Waals surface area contributed by atoms with Crippen LogP contribution in [0.2, 0.25) is 10.0 Å². The molecule has 9 heteroatoms. The number of halogens is 2. The van der Waals surface area contributed by atoms with E-state index in [4.69, 9.17) is 27.6 Å². The molecule has 1 aliphatic carbocycles. The van der Waals surface area contributed by atoms with E-state index in [-0.39, 0.29) is 17.7 Å². The summed E-state index contributed by atoms with van der Waals surface area (Å²) in [5, 5.41) is 5.39. The maximum Gasteiger partial charge on any atom is 0.287 e. The van der Waals surface area contributed by atoms with Crippen molar-refractivity contribution in [3.63, 3.8) is 0 Å². The Bertz CT molecular complexity index is 1110. The number of aromatic nitrogens is 1. The summed E-state index contributed by atoms with van der Waals surface area (Å²) >= 11 is 13.2. The summed E-state index contributed by atoms with van der Waals surface area (Å²) in [4.78, 5) is 29.1. The number of nitrogens with zero attached hydrogens (tertiary/aromatic N) is 2. The van der Waals surface area contributed by atoms with Gasteiger partial charge in [0.25, 0.3) is 11.8 Å². The van der Waals surface area contributed by atoms with Crippen LogP contribution >= 0.6 is 34.5 Å². The highest BCUT2D eigenvalue weighted by atomic mass is 35.5. The SMILES string of the molecule is O=C(N=c1sccn1Cc1ccc(C(=O)NC2CC2)o1)c1ccc(Cl)c(Cl)c1. The number of carbonyl (C=O) groups excluding carboxylic acids is 2. The third-order valence-electron chi connectivity index (χ3n) is 4.15. The summed E-state index contributed by atoms with van der Waals surface area (Å²) in [7, 11) is 0. The van der Waals surface area contributed by atoms with Crippen LogP contribution in [0.3, 0.4) is 0 Å². The zero-order valence-corrected chi connectivity index (χ0v) is 16.9. The first kappa shape index (κ1) is 19.0. The van der Waals surface area contributed by atoms with Crippen LogP contribution in [0.5, 0.6) is 0 Å². The summed E-state index contributed by atoms with van der Waals surface area (Å²) < 4.78 is 7.41. The lowest BCUT2D eigenvalue weighted by atomic mass is 10.2. The van der Waals surface area contributed by atoms with Crippen molar-refractivity contribution in [1.82, 2.24) is 9.88 Å². The second-order valence-corrected chi connectivity index (χ2v) is 8.06. The van der Waals surface area contributed by atoms with Gasteiger partial charge in [-0.1, -0.05) is 23.2 Å². The first-order valence-corrected chi connectivity index (χ1v) is 10.2. The molecule has 1 aromatic carbocycles. The molecular formula is C19H15Cl2N3O3S. The molecule has 0 atom stereocenters. The average Bonchev–Trinajstić information content (AvgIpc) is 3.18. The van der Waals surface area contributed by atoms with Crippen molar-refractivity contribution in [2.24, 2.45) is 4.99 Å². The van der Waals surface area contributed by atoms with Crippen LogP contribution in [-0.2, 0) is 6.54 Å². The highest BCUT2D eigenvalue weighted by Gasteiger charge is 2.25. The zero-order chi connectivity index (χ0) is 19.7. The summed E-state index contributed by atoms with van der Waals surface area (Å²) in [5.41, 5.74) is 0.353. The Morgan fingerprint density at radius 1 is 1.21 bits per heavy atom. The first-order valence-electron chi connectivity index (χ1n) is 8.57. The number of benzene rings is 1. The number of hydrogen-bond acceptors (Lipinski definition) is 4. The fraction of sp³-hybridized carbons (Fsp3) is 0.211. The van der Waals surface area contributed by atoms with E-state index in [0.717, 1.165) is 12.8 Å². The van der Waals surface area contributed by atoms with Crippen LogP contribution in [-0.4, -0.2) is 22.4 Å². The molecule has 2 aromatic heterocycles. The molecule has 0 bridgehead atoms. The van der Waals surface area contributed by atoms with Gasteiger partial charge < -0.3 is 14.3 Å². The van der Waals surface area contributed by atoms with E-state index in [9.17, 15) is 9.59 Å². The van der Waals surface area contributed by atoms with Gasteiger partial charge in [-0.15, -0.1) is 11.3 Å². The molecule has 6 nitrogen and oxygen atoms in total. The Balaban J connectivity index is 1.51. The molecule has 0 aliphatic heterocycles.